The highest BCUT2D eigenvalue weighted by molar-refractivity contribution is 9.10. The average molecular weight is 366 g/mol. The van der Waals surface area contributed by atoms with Crippen molar-refractivity contribution in [1.29, 1.82) is 0 Å². The third-order valence-electron chi connectivity index (χ3n) is 2.63. The van der Waals surface area contributed by atoms with Crippen LogP contribution in [0, 0.1) is 5.92 Å². The second-order valence-electron chi connectivity index (χ2n) is 5.09. The first-order valence-corrected chi connectivity index (χ1v) is 7.88. The molecule has 0 aliphatic heterocycles. The minimum atomic E-state index is -2.44. The third kappa shape index (κ3) is 6.65. The number of nitrogens with zero attached hydrogens (tertiary/aromatic N) is 2. The molecule has 120 valence electrons. The highest BCUT2D eigenvalue weighted by atomic mass is 79.9. The molecule has 0 bridgehead atoms. The van der Waals surface area contributed by atoms with Gasteiger partial charge in [-0.2, -0.15) is 0 Å². The summed E-state index contributed by atoms with van der Waals surface area (Å²) < 4.78 is 29.8. The molecule has 1 aromatic heterocycles. The maximum absolute atomic E-state index is 12.0. The van der Waals surface area contributed by atoms with Crippen LogP contribution in [0.1, 0.15) is 32.3 Å². The normalized spacial score (nSPS) is 11.4. The van der Waals surface area contributed by atoms with Crippen molar-refractivity contribution in [1.82, 2.24) is 9.97 Å². The predicted octanol–water partition coefficient (Wildman–Crippen LogP) is 3.69. The highest BCUT2D eigenvalue weighted by Gasteiger charge is 2.13. The fourth-order valence-electron chi connectivity index (χ4n) is 1.80. The van der Waals surface area contributed by atoms with E-state index >= 15 is 0 Å². The molecular formula is C14H22BrF2N3O. The van der Waals surface area contributed by atoms with Crippen LogP contribution >= 0.6 is 15.9 Å². The Morgan fingerprint density at radius 3 is 2.57 bits per heavy atom. The summed E-state index contributed by atoms with van der Waals surface area (Å²) in [6.07, 6.45) is -1.19. The summed E-state index contributed by atoms with van der Waals surface area (Å²) in [5.41, 5.74) is 0.930. The van der Waals surface area contributed by atoms with Gasteiger partial charge < -0.3 is 10.1 Å². The summed E-state index contributed by atoms with van der Waals surface area (Å²) in [4.78, 5) is 8.92. The monoisotopic (exact) mass is 365 g/mol. The van der Waals surface area contributed by atoms with Crippen LogP contribution in [0.2, 0.25) is 0 Å². The molecule has 0 amide bonds. The minimum Gasteiger partial charge on any atom is -0.375 e. The number of alkyl halides is 2. The molecular weight excluding hydrogens is 344 g/mol. The van der Waals surface area contributed by atoms with E-state index in [0.717, 1.165) is 29.0 Å². The Bertz CT molecular complexity index is 444. The van der Waals surface area contributed by atoms with Crippen LogP contribution in [0.3, 0.4) is 0 Å². The molecule has 7 heteroatoms. The van der Waals surface area contributed by atoms with Crippen LogP contribution in [-0.4, -0.2) is 36.2 Å². The van der Waals surface area contributed by atoms with Gasteiger partial charge in [-0.3, -0.25) is 0 Å². The zero-order chi connectivity index (χ0) is 15.8. The van der Waals surface area contributed by atoms with Gasteiger partial charge in [0.1, 0.15) is 18.2 Å². The summed E-state index contributed by atoms with van der Waals surface area (Å²) in [7, 11) is 0. The molecule has 1 aromatic rings. The first-order valence-electron chi connectivity index (χ1n) is 7.09. The van der Waals surface area contributed by atoms with Crippen LogP contribution in [0.4, 0.5) is 14.6 Å². The van der Waals surface area contributed by atoms with Gasteiger partial charge in [0.2, 0.25) is 0 Å². The summed E-state index contributed by atoms with van der Waals surface area (Å²) in [6, 6.07) is 0. The number of anilines is 1. The average Bonchev–Trinajstić information content (AvgIpc) is 2.39. The van der Waals surface area contributed by atoms with Crippen LogP contribution in [0.5, 0.6) is 0 Å². The van der Waals surface area contributed by atoms with Gasteiger partial charge in [-0.25, -0.2) is 18.7 Å². The Morgan fingerprint density at radius 2 is 2.00 bits per heavy atom. The lowest BCUT2D eigenvalue weighted by molar-refractivity contribution is 0.0183. The molecule has 0 fully saturated rings. The fraction of sp³-hybridized carbons (Fsp3) is 0.714. The van der Waals surface area contributed by atoms with Crippen LogP contribution < -0.4 is 5.32 Å². The van der Waals surface area contributed by atoms with E-state index < -0.39 is 13.0 Å². The van der Waals surface area contributed by atoms with Crippen molar-refractivity contribution in [2.24, 2.45) is 5.92 Å². The lowest BCUT2D eigenvalue weighted by Crippen LogP contribution is -2.12. The molecule has 1 heterocycles. The Balaban J connectivity index is 2.80. The molecule has 21 heavy (non-hydrogen) atoms. The molecule has 0 aromatic carbocycles. The molecule has 0 saturated carbocycles. The molecule has 0 aliphatic carbocycles. The molecule has 0 atom stereocenters. The molecule has 1 N–H and O–H groups in total. The summed E-state index contributed by atoms with van der Waals surface area (Å²) >= 11 is 3.53. The van der Waals surface area contributed by atoms with E-state index in [0.29, 0.717) is 18.2 Å². The second-order valence-corrected chi connectivity index (χ2v) is 5.89. The number of hydrogen-bond donors (Lipinski definition) is 1. The van der Waals surface area contributed by atoms with Crippen LogP contribution in [-0.2, 0) is 17.6 Å². The van der Waals surface area contributed by atoms with E-state index in [1.165, 1.54) is 0 Å². The van der Waals surface area contributed by atoms with Gasteiger partial charge in [0.25, 0.3) is 6.43 Å². The Hall–Kier alpha value is -0.820. The Kier molecular flexibility index (Phi) is 8.03. The van der Waals surface area contributed by atoms with E-state index in [9.17, 15) is 8.78 Å². The number of halogens is 3. The van der Waals surface area contributed by atoms with Crippen molar-refractivity contribution in [3.8, 4) is 0 Å². The van der Waals surface area contributed by atoms with Crippen molar-refractivity contribution >= 4 is 21.7 Å². The number of rotatable bonds is 9. The van der Waals surface area contributed by atoms with Crippen LogP contribution in [0.25, 0.3) is 0 Å². The SMILES string of the molecule is CCNc1nc(CCOCC(F)F)nc(CC(C)C)c1Br. The van der Waals surface area contributed by atoms with E-state index in [1.54, 1.807) is 0 Å². The largest absolute Gasteiger partial charge is 0.375 e. The number of hydrogen-bond acceptors (Lipinski definition) is 4. The number of ether oxygens (including phenoxy) is 1. The van der Waals surface area contributed by atoms with Gasteiger partial charge in [-0.05, 0) is 35.2 Å². The molecule has 0 spiro atoms. The van der Waals surface area contributed by atoms with Crippen molar-refractivity contribution in [2.75, 3.05) is 25.1 Å². The zero-order valence-electron chi connectivity index (χ0n) is 12.6. The topological polar surface area (TPSA) is 47.0 Å². The predicted molar refractivity (Wildman–Crippen MR) is 83.0 cm³/mol. The van der Waals surface area contributed by atoms with Gasteiger partial charge in [0.05, 0.1) is 16.8 Å². The number of nitrogens with one attached hydrogen (secondary N) is 1. The van der Waals surface area contributed by atoms with Crippen molar-refractivity contribution in [2.45, 2.75) is 40.0 Å². The van der Waals surface area contributed by atoms with Crippen molar-refractivity contribution in [3.63, 3.8) is 0 Å². The minimum absolute atomic E-state index is 0.193. The lowest BCUT2D eigenvalue weighted by Gasteiger charge is -2.13. The second kappa shape index (κ2) is 9.25. The summed E-state index contributed by atoms with van der Waals surface area (Å²) in [5, 5.41) is 3.18. The van der Waals surface area contributed by atoms with Crippen molar-refractivity contribution in [3.05, 3.63) is 16.0 Å². The summed E-state index contributed by atoms with van der Waals surface area (Å²) in [5.74, 6) is 1.82. The maximum atomic E-state index is 12.0. The van der Waals surface area contributed by atoms with E-state index in [1.807, 2.05) is 6.92 Å². The van der Waals surface area contributed by atoms with E-state index in [4.69, 9.17) is 4.74 Å². The smallest absolute Gasteiger partial charge is 0.261 e. The van der Waals surface area contributed by atoms with Gasteiger partial charge in [0, 0.05) is 13.0 Å². The van der Waals surface area contributed by atoms with Gasteiger partial charge in [-0.15, -0.1) is 0 Å². The lowest BCUT2D eigenvalue weighted by atomic mass is 10.1. The molecule has 0 unspecified atom stereocenters. The Labute approximate surface area is 132 Å². The summed E-state index contributed by atoms with van der Waals surface area (Å²) in [6.45, 7) is 6.62. The first kappa shape index (κ1) is 18.2. The Morgan fingerprint density at radius 1 is 1.29 bits per heavy atom. The fourth-order valence-corrected chi connectivity index (χ4v) is 2.28. The maximum Gasteiger partial charge on any atom is 0.261 e. The number of aromatic nitrogens is 2. The van der Waals surface area contributed by atoms with E-state index in [-0.39, 0.29) is 6.61 Å². The molecule has 0 aliphatic rings. The standard InChI is InChI=1S/C14H22BrF2N3O/c1-4-18-14-13(15)10(7-9(2)3)19-12(20-14)5-6-21-8-11(16)17/h9,11H,4-8H2,1-3H3,(H,18,19,20). The molecule has 0 radical (unpaired) electrons. The zero-order valence-corrected chi connectivity index (χ0v) is 14.2. The molecule has 4 nitrogen and oxygen atoms in total. The first-order chi connectivity index (χ1) is 9.93. The highest BCUT2D eigenvalue weighted by Crippen LogP contribution is 2.25. The van der Waals surface area contributed by atoms with Gasteiger partial charge in [0.15, 0.2) is 0 Å². The quantitative estimate of drug-likeness (QED) is 0.677. The molecule has 0 saturated heterocycles. The van der Waals surface area contributed by atoms with E-state index in [2.05, 4.69) is 45.1 Å². The van der Waals surface area contributed by atoms with Crippen molar-refractivity contribution < 1.29 is 13.5 Å². The van der Waals surface area contributed by atoms with Gasteiger partial charge in [-0.1, -0.05) is 13.8 Å². The molecule has 1 rings (SSSR count). The van der Waals surface area contributed by atoms with Crippen LogP contribution in [0.15, 0.2) is 4.47 Å². The van der Waals surface area contributed by atoms with Gasteiger partial charge >= 0.3 is 0 Å². The third-order valence-corrected chi connectivity index (χ3v) is 3.46.